The number of thioether (sulfide) groups is 1. The van der Waals surface area contributed by atoms with E-state index < -0.39 is 17.1 Å². The molecule has 1 aliphatic rings. The van der Waals surface area contributed by atoms with Crippen LogP contribution in [-0.2, 0) is 16.0 Å². The minimum atomic E-state index is -0.469. The number of imide groups is 1. The van der Waals surface area contributed by atoms with Crippen molar-refractivity contribution in [2.75, 3.05) is 19.0 Å². The lowest BCUT2D eigenvalue weighted by Crippen LogP contribution is -2.36. The molecule has 0 radical (unpaired) electrons. The molecule has 0 aliphatic carbocycles. The van der Waals surface area contributed by atoms with Crippen LogP contribution < -0.4 is 10.1 Å². The molecule has 0 spiro atoms. The van der Waals surface area contributed by atoms with E-state index in [1.165, 1.54) is 5.56 Å². The Kier molecular flexibility index (Phi) is 7.12. The number of nitrogens with zero attached hydrogens (tertiary/aromatic N) is 2. The number of benzene rings is 2. The van der Waals surface area contributed by atoms with Crippen LogP contribution in [-0.4, -0.2) is 40.2 Å². The highest BCUT2D eigenvalue weighted by molar-refractivity contribution is 8.18. The minimum Gasteiger partial charge on any atom is -0.497 e. The van der Waals surface area contributed by atoms with Gasteiger partial charge in [0.15, 0.2) is 0 Å². The summed E-state index contributed by atoms with van der Waals surface area (Å²) in [7, 11) is 1.56. The van der Waals surface area contributed by atoms with Crippen LogP contribution in [0.25, 0.3) is 11.8 Å². The molecule has 3 aromatic rings. The lowest BCUT2D eigenvalue weighted by molar-refractivity contribution is -0.127. The van der Waals surface area contributed by atoms with E-state index in [0.717, 1.165) is 45.7 Å². The first-order chi connectivity index (χ1) is 16.8. The third-order valence-electron chi connectivity index (χ3n) is 5.92. The van der Waals surface area contributed by atoms with Crippen LogP contribution >= 0.6 is 11.8 Å². The summed E-state index contributed by atoms with van der Waals surface area (Å²) in [5.41, 5.74) is 5.76. The van der Waals surface area contributed by atoms with Gasteiger partial charge in [0.1, 0.15) is 12.3 Å². The number of nitrogens with one attached hydrogen (secondary N) is 1. The number of aryl methyl sites for hydroxylation is 2. The molecule has 8 heteroatoms. The molecule has 180 valence electrons. The average Bonchev–Trinajstić information content (AvgIpc) is 3.28. The van der Waals surface area contributed by atoms with Gasteiger partial charge in [-0.2, -0.15) is 0 Å². The number of methoxy groups -OCH3 is 1. The molecule has 0 bridgehead atoms. The third-order valence-corrected chi connectivity index (χ3v) is 6.83. The van der Waals surface area contributed by atoms with Crippen LogP contribution in [0.15, 0.2) is 59.5 Å². The van der Waals surface area contributed by atoms with Crippen LogP contribution in [0.1, 0.15) is 29.4 Å². The quantitative estimate of drug-likeness (QED) is 0.453. The van der Waals surface area contributed by atoms with Crippen molar-refractivity contribution in [1.82, 2.24) is 9.47 Å². The molecule has 1 aromatic heterocycles. The average molecular weight is 490 g/mol. The normalized spacial score (nSPS) is 14.6. The largest absolute Gasteiger partial charge is 0.497 e. The Hall–Kier alpha value is -3.78. The van der Waals surface area contributed by atoms with Crippen LogP contribution in [0.4, 0.5) is 10.5 Å². The van der Waals surface area contributed by atoms with Crippen molar-refractivity contribution in [3.05, 3.63) is 82.0 Å². The Balaban J connectivity index is 1.52. The van der Waals surface area contributed by atoms with Crippen molar-refractivity contribution in [1.29, 1.82) is 0 Å². The van der Waals surface area contributed by atoms with Gasteiger partial charge in [0.25, 0.3) is 11.1 Å². The second-order valence-electron chi connectivity index (χ2n) is 8.19. The van der Waals surface area contributed by atoms with Gasteiger partial charge in [-0.05, 0) is 85.6 Å². The van der Waals surface area contributed by atoms with Crippen LogP contribution in [0, 0.1) is 13.8 Å². The third kappa shape index (κ3) is 5.02. The maximum absolute atomic E-state index is 13.0. The number of ether oxygens (including phenoxy) is 1. The van der Waals surface area contributed by atoms with Gasteiger partial charge in [0.05, 0.1) is 12.0 Å². The summed E-state index contributed by atoms with van der Waals surface area (Å²) in [6.07, 6.45) is 2.64. The molecule has 2 heterocycles. The van der Waals surface area contributed by atoms with Crippen molar-refractivity contribution in [2.24, 2.45) is 0 Å². The van der Waals surface area contributed by atoms with Gasteiger partial charge >= 0.3 is 0 Å². The van der Waals surface area contributed by atoms with E-state index in [1.54, 1.807) is 37.5 Å². The number of anilines is 1. The number of para-hydroxylation sites is 1. The summed E-state index contributed by atoms with van der Waals surface area (Å²) in [5.74, 6) is -0.256. The maximum atomic E-state index is 13.0. The SMILES string of the molecule is CCc1ccccc1-n1c(C)cc(/C=C2\SC(=O)N(CC(=O)Nc3ccc(OC)cc3)C2=O)c1C. The van der Waals surface area contributed by atoms with E-state index in [9.17, 15) is 14.4 Å². The van der Waals surface area contributed by atoms with Crippen molar-refractivity contribution in [2.45, 2.75) is 27.2 Å². The lowest BCUT2D eigenvalue weighted by Gasteiger charge is -2.14. The zero-order valence-electron chi connectivity index (χ0n) is 20.1. The fourth-order valence-corrected chi connectivity index (χ4v) is 4.96. The number of hydrogen-bond donors (Lipinski definition) is 1. The monoisotopic (exact) mass is 489 g/mol. The zero-order valence-corrected chi connectivity index (χ0v) is 20.9. The molecule has 1 N–H and O–H groups in total. The molecular weight excluding hydrogens is 462 g/mol. The van der Waals surface area contributed by atoms with Gasteiger partial charge < -0.3 is 14.6 Å². The Morgan fingerprint density at radius 3 is 2.49 bits per heavy atom. The molecule has 4 rings (SSSR count). The van der Waals surface area contributed by atoms with Gasteiger partial charge in [0, 0.05) is 22.8 Å². The molecule has 7 nitrogen and oxygen atoms in total. The van der Waals surface area contributed by atoms with Crippen molar-refractivity contribution >= 4 is 40.6 Å². The number of aromatic nitrogens is 1. The second-order valence-corrected chi connectivity index (χ2v) is 9.18. The van der Waals surface area contributed by atoms with E-state index >= 15 is 0 Å². The summed E-state index contributed by atoms with van der Waals surface area (Å²) in [4.78, 5) is 39.3. The van der Waals surface area contributed by atoms with Crippen molar-refractivity contribution in [3.63, 3.8) is 0 Å². The van der Waals surface area contributed by atoms with Gasteiger partial charge in [0.2, 0.25) is 5.91 Å². The number of amides is 3. The lowest BCUT2D eigenvalue weighted by atomic mass is 10.1. The molecule has 1 fully saturated rings. The number of rotatable bonds is 7. The van der Waals surface area contributed by atoms with E-state index in [2.05, 4.69) is 28.9 Å². The van der Waals surface area contributed by atoms with Gasteiger partial charge in [-0.15, -0.1) is 0 Å². The van der Waals surface area contributed by atoms with Gasteiger partial charge in [-0.1, -0.05) is 25.1 Å². The summed E-state index contributed by atoms with van der Waals surface area (Å²) < 4.78 is 7.27. The van der Waals surface area contributed by atoms with Crippen molar-refractivity contribution in [3.8, 4) is 11.4 Å². The molecule has 1 saturated heterocycles. The van der Waals surface area contributed by atoms with E-state index in [1.807, 2.05) is 32.0 Å². The second kappa shape index (κ2) is 10.2. The van der Waals surface area contributed by atoms with E-state index in [-0.39, 0.29) is 6.54 Å². The molecule has 2 aromatic carbocycles. The van der Waals surface area contributed by atoms with Crippen LogP contribution in [0.5, 0.6) is 5.75 Å². The maximum Gasteiger partial charge on any atom is 0.294 e. The topological polar surface area (TPSA) is 80.6 Å². The number of hydrogen-bond acceptors (Lipinski definition) is 5. The molecule has 3 amide bonds. The predicted molar refractivity (Wildman–Crippen MR) is 139 cm³/mol. The number of carbonyl (C=O) groups is 3. The fourth-order valence-electron chi connectivity index (χ4n) is 4.13. The Morgan fingerprint density at radius 2 is 1.80 bits per heavy atom. The summed E-state index contributed by atoms with van der Waals surface area (Å²) in [6.45, 7) is 5.79. The standard InChI is InChI=1S/C27H27N3O4S/c1-5-19-8-6-7-9-23(19)30-17(2)14-20(18(30)3)15-24-26(32)29(27(33)35-24)16-25(31)28-21-10-12-22(34-4)13-11-21/h6-15H,5,16H2,1-4H3,(H,28,31)/b24-15-. The first-order valence-corrected chi connectivity index (χ1v) is 12.1. The summed E-state index contributed by atoms with van der Waals surface area (Å²) in [5, 5.41) is 2.24. The number of carbonyl (C=O) groups excluding carboxylic acids is 3. The molecule has 35 heavy (non-hydrogen) atoms. The highest BCUT2D eigenvalue weighted by Gasteiger charge is 2.36. The van der Waals surface area contributed by atoms with Gasteiger partial charge in [-0.25, -0.2) is 0 Å². The minimum absolute atomic E-state index is 0.302. The van der Waals surface area contributed by atoms with Crippen LogP contribution in [0.2, 0.25) is 0 Å². The molecule has 1 aliphatic heterocycles. The zero-order chi connectivity index (χ0) is 25.1. The molecule has 0 saturated carbocycles. The Morgan fingerprint density at radius 1 is 1.09 bits per heavy atom. The first-order valence-electron chi connectivity index (χ1n) is 11.3. The highest BCUT2D eigenvalue weighted by atomic mass is 32.2. The smallest absolute Gasteiger partial charge is 0.294 e. The van der Waals surface area contributed by atoms with E-state index in [0.29, 0.717) is 16.3 Å². The predicted octanol–water partition coefficient (Wildman–Crippen LogP) is 5.34. The molecule has 0 atom stereocenters. The Bertz CT molecular complexity index is 1320. The molecular formula is C27H27N3O4S. The Labute approximate surface area is 208 Å². The summed E-state index contributed by atoms with van der Waals surface area (Å²) >= 11 is 0.850. The van der Waals surface area contributed by atoms with Crippen molar-refractivity contribution < 1.29 is 19.1 Å². The summed E-state index contributed by atoms with van der Waals surface area (Å²) in [6, 6.07) is 17.0. The molecule has 0 unspecified atom stereocenters. The highest BCUT2D eigenvalue weighted by Crippen LogP contribution is 2.34. The van der Waals surface area contributed by atoms with E-state index in [4.69, 9.17) is 4.74 Å². The first kappa shape index (κ1) is 24.3. The van der Waals surface area contributed by atoms with Crippen LogP contribution in [0.3, 0.4) is 0 Å². The van der Waals surface area contributed by atoms with Gasteiger partial charge in [-0.3, -0.25) is 19.3 Å². The fraction of sp³-hybridized carbons (Fsp3) is 0.222.